The Bertz CT molecular complexity index is 751. The predicted molar refractivity (Wildman–Crippen MR) is 94.7 cm³/mol. The van der Waals surface area contributed by atoms with Crippen molar-refractivity contribution in [3.8, 4) is 16.9 Å². The van der Waals surface area contributed by atoms with Gasteiger partial charge in [0.1, 0.15) is 11.6 Å². The van der Waals surface area contributed by atoms with Crippen molar-refractivity contribution in [2.24, 2.45) is 0 Å². The molecule has 2 aromatic rings. The molecule has 0 aliphatic heterocycles. The van der Waals surface area contributed by atoms with Gasteiger partial charge in [-0.05, 0) is 54.2 Å². The molecule has 3 rings (SSSR count). The number of benzene rings is 2. The molecule has 1 fully saturated rings. The molecule has 24 heavy (non-hydrogen) atoms. The quantitative estimate of drug-likeness (QED) is 0.782. The van der Waals surface area contributed by atoms with Crippen molar-refractivity contribution in [2.45, 2.75) is 38.2 Å². The molecule has 1 aliphatic rings. The number of hydrogen-bond acceptors (Lipinski definition) is 2. The predicted octanol–water partition coefficient (Wildman–Crippen LogP) is 5.21. The van der Waals surface area contributed by atoms with Crippen LogP contribution in [0.25, 0.3) is 11.1 Å². The molecular formula is C21H23FO2. The number of rotatable bonds is 4. The van der Waals surface area contributed by atoms with E-state index in [-0.39, 0.29) is 18.3 Å². The molecule has 126 valence electrons. The van der Waals surface area contributed by atoms with Crippen LogP contribution in [0.15, 0.2) is 48.6 Å². The second-order valence-corrected chi connectivity index (χ2v) is 6.38. The van der Waals surface area contributed by atoms with E-state index in [1.165, 1.54) is 11.6 Å². The lowest BCUT2D eigenvalue weighted by molar-refractivity contribution is 0.281. The van der Waals surface area contributed by atoms with Gasteiger partial charge in [-0.25, -0.2) is 4.39 Å². The van der Waals surface area contributed by atoms with Gasteiger partial charge in [-0.2, -0.15) is 0 Å². The van der Waals surface area contributed by atoms with Gasteiger partial charge in [0, 0.05) is 11.5 Å². The van der Waals surface area contributed by atoms with Crippen LogP contribution in [0.3, 0.4) is 0 Å². The van der Waals surface area contributed by atoms with E-state index in [1.54, 1.807) is 19.2 Å². The monoisotopic (exact) mass is 326 g/mol. The van der Waals surface area contributed by atoms with E-state index in [0.29, 0.717) is 11.3 Å². The molecular weight excluding hydrogens is 303 g/mol. The Morgan fingerprint density at radius 1 is 1.17 bits per heavy atom. The van der Waals surface area contributed by atoms with Crippen LogP contribution in [0.2, 0.25) is 0 Å². The van der Waals surface area contributed by atoms with Crippen LogP contribution in [0.5, 0.6) is 5.75 Å². The second-order valence-electron chi connectivity index (χ2n) is 6.38. The lowest BCUT2D eigenvalue weighted by atomic mass is 9.77. The van der Waals surface area contributed by atoms with Crippen LogP contribution < -0.4 is 4.74 Å². The van der Waals surface area contributed by atoms with Gasteiger partial charge in [0.05, 0.1) is 13.7 Å². The fourth-order valence-electron chi connectivity index (χ4n) is 3.54. The fraction of sp³-hybridized carbons (Fsp3) is 0.333. The zero-order chi connectivity index (χ0) is 17.1. The minimum absolute atomic E-state index is 0.0208. The number of aliphatic hydroxyl groups is 1. The van der Waals surface area contributed by atoms with Crippen LogP contribution in [0.1, 0.15) is 42.7 Å². The van der Waals surface area contributed by atoms with E-state index in [1.807, 2.05) is 18.2 Å². The minimum atomic E-state index is -0.268. The van der Waals surface area contributed by atoms with Gasteiger partial charge in [-0.3, -0.25) is 0 Å². The molecule has 1 atom stereocenters. The molecule has 0 saturated heterocycles. The van der Waals surface area contributed by atoms with Gasteiger partial charge >= 0.3 is 0 Å². The number of allylic oxidation sites excluding steroid dienone is 1. The van der Waals surface area contributed by atoms with Gasteiger partial charge < -0.3 is 9.84 Å². The highest BCUT2D eigenvalue weighted by Gasteiger charge is 2.23. The van der Waals surface area contributed by atoms with Crippen LogP contribution in [-0.4, -0.2) is 12.2 Å². The van der Waals surface area contributed by atoms with Crippen molar-refractivity contribution in [1.29, 1.82) is 0 Å². The van der Waals surface area contributed by atoms with Crippen molar-refractivity contribution in [3.63, 3.8) is 0 Å². The highest BCUT2D eigenvalue weighted by Crippen LogP contribution is 2.42. The topological polar surface area (TPSA) is 29.5 Å². The van der Waals surface area contributed by atoms with Crippen LogP contribution >= 0.6 is 0 Å². The first-order chi connectivity index (χ1) is 11.6. The average Bonchev–Trinajstić information content (AvgIpc) is 2.62. The number of ether oxygens (including phenoxy) is 1. The maximum absolute atomic E-state index is 14.5. The molecule has 1 aliphatic carbocycles. The Hall–Kier alpha value is -2.13. The Balaban J connectivity index is 2.15. The summed E-state index contributed by atoms with van der Waals surface area (Å²) in [6.45, 7) is 4.22. The summed E-state index contributed by atoms with van der Waals surface area (Å²) in [5.74, 6) is 0.576. The zero-order valence-corrected chi connectivity index (χ0v) is 14.0. The lowest BCUT2D eigenvalue weighted by Crippen LogP contribution is -2.10. The summed E-state index contributed by atoms with van der Waals surface area (Å²) in [5.41, 5.74) is 4.48. The first-order valence-electron chi connectivity index (χ1n) is 8.39. The third kappa shape index (κ3) is 3.22. The van der Waals surface area contributed by atoms with Crippen LogP contribution in [0.4, 0.5) is 4.39 Å². The van der Waals surface area contributed by atoms with Crippen molar-refractivity contribution >= 4 is 0 Å². The lowest BCUT2D eigenvalue weighted by Gasteiger charge is -2.27. The number of halogens is 1. The Morgan fingerprint density at radius 2 is 2.00 bits per heavy atom. The van der Waals surface area contributed by atoms with Crippen molar-refractivity contribution in [2.75, 3.05) is 7.11 Å². The summed E-state index contributed by atoms with van der Waals surface area (Å²) in [6.07, 6.45) is 4.34. The van der Waals surface area contributed by atoms with Crippen molar-refractivity contribution < 1.29 is 14.2 Å². The van der Waals surface area contributed by atoms with Crippen LogP contribution in [-0.2, 0) is 6.61 Å². The maximum Gasteiger partial charge on any atom is 0.131 e. The van der Waals surface area contributed by atoms with Gasteiger partial charge in [-0.1, -0.05) is 36.8 Å². The van der Waals surface area contributed by atoms with Gasteiger partial charge in [0.25, 0.3) is 0 Å². The smallest absolute Gasteiger partial charge is 0.131 e. The molecule has 0 amide bonds. The normalized spacial score (nSPS) is 17.8. The van der Waals surface area contributed by atoms with Crippen molar-refractivity contribution in [1.82, 2.24) is 0 Å². The standard InChI is InChI=1S/C21H23FO2/c1-14-5-3-4-6-17(14)19-11-15(13-23)7-9-18(19)20-12-16(24-2)8-10-21(20)22/h7-12,17,23H,1,3-6,13H2,2H3/t17-/m0/s1. The Labute approximate surface area is 142 Å². The number of methoxy groups -OCH3 is 1. The van der Waals surface area contributed by atoms with E-state index in [4.69, 9.17) is 4.74 Å². The summed E-state index contributed by atoms with van der Waals surface area (Å²) < 4.78 is 19.7. The SMILES string of the molecule is C=C1CCCC[C@@H]1c1cc(CO)ccc1-c1cc(OC)ccc1F. The maximum atomic E-state index is 14.5. The molecule has 1 saturated carbocycles. The fourth-order valence-corrected chi connectivity index (χ4v) is 3.54. The molecule has 1 N–H and O–H groups in total. The molecule has 0 spiro atoms. The third-order valence-electron chi connectivity index (χ3n) is 4.87. The molecule has 2 nitrogen and oxygen atoms in total. The number of aliphatic hydroxyl groups excluding tert-OH is 1. The Morgan fingerprint density at radius 3 is 2.71 bits per heavy atom. The highest BCUT2D eigenvalue weighted by molar-refractivity contribution is 5.71. The highest BCUT2D eigenvalue weighted by atomic mass is 19.1. The molecule has 0 heterocycles. The van der Waals surface area contributed by atoms with E-state index < -0.39 is 0 Å². The largest absolute Gasteiger partial charge is 0.497 e. The second kappa shape index (κ2) is 7.18. The van der Waals surface area contributed by atoms with Crippen LogP contribution in [0, 0.1) is 5.82 Å². The first kappa shape index (κ1) is 16.7. The molecule has 0 bridgehead atoms. The van der Waals surface area contributed by atoms with E-state index >= 15 is 0 Å². The molecule has 0 aromatic heterocycles. The Kier molecular flexibility index (Phi) is 5.00. The van der Waals surface area contributed by atoms with Gasteiger partial charge in [0.2, 0.25) is 0 Å². The third-order valence-corrected chi connectivity index (χ3v) is 4.87. The summed E-state index contributed by atoms with van der Waals surface area (Å²) in [7, 11) is 1.58. The summed E-state index contributed by atoms with van der Waals surface area (Å²) in [6, 6.07) is 10.5. The van der Waals surface area contributed by atoms with E-state index in [0.717, 1.165) is 42.4 Å². The minimum Gasteiger partial charge on any atom is -0.497 e. The molecule has 3 heteroatoms. The summed E-state index contributed by atoms with van der Waals surface area (Å²) in [4.78, 5) is 0. The first-order valence-corrected chi connectivity index (χ1v) is 8.39. The molecule has 0 radical (unpaired) electrons. The van der Waals surface area contributed by atoms with Gasteiger partial charge in [-0.15, -0.1) is 0 Å². The summed E-state index contributed by atoms with van der Waals surface area (Å²) >= 11 is 0. The average molecular weight is 326 g/mol. The number of hydrogen-bond donors (Lipinski definition) is 1. The van der Waals surface area contributed by atoms with E-state index in [9.17, 15) is 9.50 Å². The zero-order valence-electron chi connectivity index (χ0n) is 14.0. The van der Waals surface area contributed by atoms with E-state index in [2.05, 4.69) is 6.58 Å². The summed E-state index contributed by atoms with van der Waals surface area (Å²) in [5, 5.41) is 9.51. The van der Waals surface area contributed by atoms with Gasteiger partial charge in [0.15, 0.2) is 0 Å². The molecule has 2 aromatic carbocycles. The molecule has 0 unspecified atom stereocenters. The van der Waals surface area contributed by atoms with Crippen molar-refractivity contribution in [3.05, 3.63) is 65.5 Å².